The first-order valence-corrected chi connectivity index (χ1v) is 8.29. The van der Waals surface area contributed by atoms with Crippen LogP contribution in [0.15, 0.2) is 18.2 Å². The minimum Gasteiger partial charge on any atom is -0.464 e. The SMILES string of the molecule is COC(=O)c1ccc(NC(=O)Nc2cc(C3CCC(F)(F)CC3)[nH]n2)nn1. The molecule has 0 aliphatic heterocycles. The van der Waals surface area contributed by atoms with E-state index in [9.17, 15) is 18.4 Å². The number of amides is 2. The predicted molar refractivity (Wildman–Crippen MR) is 90.8 cm³/mol. The van der Waals surface area contributed by atoms with Crippen molar-refractivity contribution in [3.05, 3.63) is 29.6 Å². The minimum atomic E-state index is -2.60. The molecule has 3 N–H and O–H groups in total. The van der Waals surface area contributed by atoms with Gasteiger partial charge in [-0.15, -0.1) is 10.2 Å². The number of ether oxygens (including phenoxy) is 1. The van der Waals surface area contributed by atoms with Gasteiger partial charge >= 0.3 is 12.0 Å². The summed E-state index contributed by atoms with van der Waals surface area (Å²) >= 11 is 0. The summed E-state index contributed by atoms with van der Waals surface area (Å²) in [7, 11) is 1.22. The Morgan fingerprint density at radius 3 is 2.52 bits per heavy atom. The molecule has 1 fully saturated rings. The highest BCUT2D eigenvalue weighted by molar-refractivity contribution is 5.98. The van der Waals surface area contributed by atoms with Crippen molar-refractivity contribution in [1.82, 2.24) is 20.4 Å². The van der Waals surface area contributed by atoms with Crippen LogP contribution < -0.4 is 10.6 Å². The quantitative estimate of drug-likeness (QED) is 0.701. The van der Waals surface area contributed by atoms with E-state index in [2.05, 4.69) is 35.8 Å². The van der Waals surface area contributed by atoms with Crippen LogP contribution in [0.1, 0.15) is 47.8 Å². The normalized spacial score (nSPS) is 16.6. The number of halogens is 2. The average Bonchev–Trinajstić information content (AvgIpc) is 3.09. The number of aromatic nitrogens is 4. The van der Waals surface area contributed by atoms with E-state index in [1.54, 1.807) is 6.07 Å². The van der Waals surface area contributed by atoms with Gasteiger partial charge in [0.1, 0.15) is 0 Å². The van der Waals surface area contributed by atoms with E-state index in [4.69, 9.17) is 0 Å². The van der Waals surface area contributed by atoms with Gasteiger partial charge in [-0.3, -0.25) is 15.7 Å². The fraction of sp³-hybridized carbons (Fsp3) is 0.438. The summed E-state index contributed by atoms with van der Waals surface area (Å²) in [5, 5.41) is 19.1. The molecule has 2 aromatic rings. The third-order valence-electron chi connectivity index (χ3n) is 4.30. The van der Waals surface area contributed by atoms with Gasteiger partial charge in [-0.25, -0.2) is 18.4 Å². The molecular weight excluding hydrogens is 362 g/mol. The molecule has 1 saturated carbocycles. The van der Waals surface area contributed by atoms with E-state index in [1.807, 2.05) is 0 Å². The van der Waals surface area contributed by atoms with Crippen molar-refractivity contribution in [1.29, 1.82) is 0 Å². The third-order valence-corrected chi connectivity index (χ3v) is 4.30. The number of esters is 1. The maximum Gasteiger partial charge on any atom is 0.358 e. The zero-order valence-corrected chi connectivity index (χ0v) is 14.5. The fourth-order valence-corrected chi connectivity index (χ4v) is 2.84. The monoisotopic (exact) mass is 380 g/mol. The molecule has 0 aromatic carbocycles. The summed E-state index contributed by atoms with van der Waals surface area (Å²) in [6.45, 7) is 0. The van der Waals surface area contributed by atoms with E-state index in [0.29, 0.717) is 18.5 Å². The smallest absolute Gasteiger partial charge is 0.358 e. The molecule has 144 valence electrons. The number of alkyl halides is 2. The van der Waals surface area contributed by atoms with Crippen LogP contribution in [0.3, 0.4) is 0 Å². The standard InChI is InChI=1S/C16H18F2N6O3/c1-27-14(25)10-2-3-12(23-21-10)19-15(26)20-13-8-11(22-24-13)9-4-6-16(17,18)7-5-9/h2-3,8-9H,4-7H2,1H3,(H3,19,20,22,23,24,26). The Morgan fingerprint density at radius 1 is 1.19 bits per heavy atom. The van der Waals surface area contributed by atoms with Gasteiger partial charge in [0.25, 0.3) is 0 Å². The van der Waals surface area contributed by atoms with Crippen LogP contribution in [0.2, 0.25) is 0 Å². The molecule has 11 heteroatoms. The first-order chi connectivity index (χ1) is 12.9. The fourth-order valence-electron chi connectivity index (χ4n) is 2.84. The highest BCUT2D eigenvalue weighted by Crippen LogP contribution is 2.40. The van der Waals surface area contributed by atoms with Crippen molar-refractivity contribution < 1.29 is 23.1 Å². The van der Waals surface area contributed by atoms with E-state index < -0.39 is 17.9 Å². The van der Waals surface area contributed by atoms with Crippen molar-refractivity contribution in [3.63, 3.8) is 0 Å². The van der Waals surface area contributed by atoms with Crippen LogP contribution in [-0.4, -0.2) is 45.4 Å². The lowest BCUT2D eigenvalue weighted by Crippen LogP contribution is -2.23. The van der Waals surface area contributed by atoms with Crippen LogP contribution in [0.25, 0.3) is 0 Å². The van der Waals surface area contributed by atoms with E-state index >= 15 is 0 Å². The molecule has 2 heterocycles. The number of urea groups is 1. The molecule has 0 saturated heterocycles. The van der Waals surface area contributed by atoms with Crippen molar-refractivity contribution in [2.75, 3.05) is 17.7 Å². The molecule has 1 aliphatic carbocycles. The molecule has 2 amide bonds. The number of hydrogen-bond donors (Lipinski definition) is 3. The topological polar surface area (TPSA) is 122 Å². The number of carbonyl (C=O) groups excluding carboxylic acids is 2. The van der Waals surface area contributed by atoms with E-state index in [1.165, 1.54) is 19.2 Å². The minimum absolute atomic E-state index is 0.0125. The van der Waals surface area contributed by atoms with Gasteiger partial charge in [0.05, 0.1) is 7.11 Å². The third kappa shape index (κ3) is 4.74. The van der Waals surface area contributed by atoms with Gasteiger partial charge in [0.2, 0.25) is 5.92 Å². The molecule has 0 radical (unpaired) electrons. The van der Waals surface area contributed by atoms with Gasteiger partial charge in [0, 0.05) is 30.5 Å². The first kappa shape index (κ1) is 18.7. The van der Waals surface area contributed by atoms with Crippen molar-refractivity contribution in [2.45, 2.75) is 37.5 Å². The number of anilines is 2. The summed E-state index contributed by atoms with van der Waals surface area (Å²) in [5.74, 6) is -2.87. The van der Waals surface area contributed by atoms with Gasteiger partial charge in [-0.05, 0) is 25.0 Å². The second-order valence-corrected chi connectivity index (χ2v) is 6.21. The number of H-pyrrole nitrogens is 1. The zero-order valence-electron chi connectivity index (χ0n) is 14.5. The highest BCUT2D eigenvalue weighted by Gasteiger charge is 2.35. The van der Waals surface area contributed by atoms with Gasteiger partial charge in [0.15, 0.2) is 17.3 Å². The van der Waals surface area contributed by atoms with Crippen LogP contribution >= 0.6 is 0 Å². The van der Waals surface area contributed by atoms with Crippen LogP contribution in [0.5, 0.6) is 0 Å². The molecule has 2 aromatic heterocycles. The summed E-state index contributed by atoms with van der Waals surface area (Å²) in [4.78, 5) is 23.3. The Morgan fingerprint density at radius 2 is 1.89 bits per heavy atom. The van der Waals surface area contributed by atoms with E-state index in [0.717, 1.165) is 0 Å². The molecule has 9 nitrogen and oxygen atoms in total. The zero-order chi connectivity index (χ0) is 19.4. The molecule has 0 bridgehead atoms. The van der Waals surface area contributed by atoms with Gasteiger partial charge in [-0.2, -0.15) is 5.10 Å². The Hall–Kier alpha value is -3.11. The van der Waals surface area contributed by atoms with Crippen molar-refractivity contribution in [3.8, 4) is 0 Å². The summed E-state index contributed by atoms with van der Waals surface area (Å²) in [5.41, 5.74) is 0.724. The lowest BCUT2D eigenvalue weighted by molar-refractivity contribution is -0.0384. The van der Waals surface area contributed by atoms with Crippen LogP contribution in [0, 0.1) is 0 Å². The Balaban J connectivity index is 1.54. The molecule has 0 unspecified atom stereocenters. The molecule has 0 spiro atoms. The average molecular weight is 380 g/mol. The Labute approximate surface area is 152 Å². The van der Waals surface area contributed by atoms with Crippen molar-refractivity contribution >= 4 is 23.6 Å². The molecular formula is C16H18F2N6O3. The summed E-state index contributed by atoms with van der Waals surface area (Å²) < 4.78 is 31.0. The summed E-state index contributed by atoms with van der Waals surface area (Å²) in [6.07, 6.45) is 0.423. The van der Waals surface area contributed by atoms with Crippen molar-refractivity contribution in [2.24, 2.45) is 0 Å². The molecule has 3 rings (SSSR count). The molecule has 27 heavy (non-hydrogen) atoms. The Kier molecular flexibility index (Phi) is 5.28. The number of hydrogen-bond acceptors (Lipinski definition) is 6. The highest BCUT2D eigenvalue weighted by atomic mass is 19.3. The Bertz CT molecular complexity index is 814. The lowest BCUT2D eigenvalue weighted by atomic mass is 9.85. The largest absolute Gasteiger partial charge is 0.464 e. The molecule has 0 atom stereocenters. The number of methoxy groups -OCH3 is 1. The number of aromatic amines is 1. The van der Waals surface area contributed by atoms with Gasteiger partial charge < -0.3 is 4.74 Å². The van der Waals surface area contributed by atoms with Crippen LogP contribution in [-0.2, 0) is 4.74 Å². The van der Waals surface area contributed by atoms with E-state index in [-0.39, 0.29) is 36.1 Å². The number of nitrogens with zero attached hydrogens (tertiary/aromatic N) is 3. The molecule has 1 aliphatic rings. The summed E-state index contributed by atoms with van der Waals surface area (Å²) in [6, 6.07) is 3.78. The van der Waals surface area contributed by atoms with Crippen LogP contribution in [0.4, 0.5) is 25.2 Å². The maximum absolute atomic E-state index is 13.2. The number of rotatable bonds is 4. The first-order valence-electron chi connectivity index (χ1n) is 8.29. The second kappa shape index (κ2) is 7.64. The predicted octanol–water partition coefficient (Wildman–Crippen LogP) is 2.92. The number of carbonyl (C=O) groups is 2. The van der Waals surface area contributed by atoms with Gasteiger partial charge in [-0.1, -0.05) is 0 Å². The maximum atomic E-state index is 13.2. The number of nitrogens with one attached hydrogen (secondary N) is 3. The second-order valence-electron chi connectivity index (χ2n) is 6.21. The lowest BCUT2D eigenvalue weighted by Gasteiger charge is -2.27.